The zero-order chi connectivity index (χ0) is 20.0. The Hall–Kier alpha value is -3.58. The minimum Gasteiger partial charge on any atom is -0.456 e. The van der Waals surface area contributed by atoms with Crippen molar-refractivity contribution in [2.24, 2.45) is 0 Å². The van der Waals surface area contributed by atoms with Crippen molar-refractivity contribution in [2.45, 2.75) is 19.3 Å². The Morgan fingerprint density at radius 2 is 1.30 bits per heavy atom. The molecule has 0 fully saturated rings. The summed E-state index contributed by atoms with van der Waals surface area (Å²) in [6.45, 7) is 4.65. The number of benzene rings is 5. The van der Waals surface area contributed by atoms with Gasteiger partial charge in [0.2, 0.25) is 0 Å². The van der Waals surface area contributed by atoms with Crippen LogP contribution in [0.4, 0.5) is 0 Å². The zero-order valence-electron chi connectivity index (χ0n) is 17.0. The first-order valence-corrected chi connectivity index (χ1v) is 10.5. The first-order chi connectivity index (χ1) is 14.6. The van der Waals surface area contributed by atoms with Gasteiger partial charge in [0, 0.05) is 16.2 Å². The Morgan fingerprint density at radius 1 is 0.600 bits per heavy atom. The summed E-state index contributed by atoms with van der Waals surface area (Å²) in [5, 5.41) is 7.41. The monoisotopic (exact) mass is 384 g/mol. The molecule has 0 unspecified atom stereocenters. The van der Waals surface area contributed by atoms with Gasteiger partial charge in [-0.1, -0.05) is 86.6 Å². The van der Waals surface area contributed by atoms with Gasteiger partial charge in [0.15, 0.2) is 0 Å². The van der Waals surface area contributed by atoms with Crippen LogP contribution in [0.3, 0.4) is 0 Å². The van der Waals surface area contributed by atoms with E-state index in [4.69, 9.17) is 4.42 Å². The molecule has 1 heterocycles. The van der Waals surface area contributed by atoms with Crippen LogP contribution in [0.15, 0.2) is 89.3 Å². The summed E-state index contributed by atoms with van der Waals surface area (Å²) in [6.07, 6.45) is 0. The van der Waals surface area contributed by atoms with E-state index in [9.17, 15) is 0 Å². The van der Waals surface area contributed by atoms with Crippen molar-refractivity contribution in [1.29, 1.82) is 0 Å². The second-order valence-corrected chi connectivity index (χ2v) is 8.96. The second kappa shape index (κ2) is 5.31. The van der Waals surface area contributed by atoms with E-state index in [2.05, 4.69) is 98.8 Å². The van der Waals surface area contributed by atoms with Gasteiger partial charge in [0.1, 0.15) is 11.2 Å². The van der Waals surface area contributed by atoms with Crippen molar-refractivity contribution < 1.29 is 4.42 Å². The van der Waals surface area contributed by atoms with Crippen LogP contribution in [-0.2, 0) is 5.41 Å². The molecule has 1 aliphatic carbocycles. The van der Waals surface area contributed by atoms with E-state index < -0.39 is 0 Å². The molecule has 0 aliphatic heterocycles. The van der Waals surface area contributed by atoms with Gasteiger partial charge < -0.3 is 4.42 Å². The third-order valence-electron chi connectivity index (χ3n) is 7.04. The van der Waals surface area contributed by atoms with Crippen LogP contribution in [0.1, 0.15) is 25.0 Å². The lowest BCUT2D eigenvalue weighted by atomic mass is 9.82. The highest BCUT2D eigenvalue weighted by molar-refractivity contribution is 6.25. The molecule has 0 radical (unpaired) electrons. The van der Waals surface area contributed by atoms with Crippen LogP contribution in [-0.4, -0.2) is 0 Å². The van der Waals surface area contributed by atoms with Crippen molar-refractivity contribution in [2.75, 3.05) is 0 Å². The van der Waals surface area contributed by atoms with E-state index in [0.29, 0.717) is 0 Å². The summed E-state index contributed by atoms with van der Waals surface area (Å²) in [5.41, 5.74) is 7.29. The lowest BCUT2D eigenvalue weighted by molar-refractivity contribution is 0.645. The van der Waals surface area contributed by atoms with E-state index in [0.717, 1.165) is 11.2 Å². The van der Waals surface area contributed by atoms with E-state index in [-0.39, 0.29) is 5.41 Å². The summed E-state index contributed by atoms with van der Waals surface area (Å²) in [5.74, 6) is 0. The highest BCUT2D eigenvalue weighted by Crippen LogP contribution is 2.53. The molecule has 0 amide bonds. The number of rotatable bonds is 0. The topological polar surface area (TPSA) is 13.1 Å². The maximum atomic E-state index is 6.66. The number of hydrogen-bond acceptors (Lipinski definition) is 1. The van der Waals surface area contributed by atoms with Crippen LogP contribution < -0.4 is 0 Å². The fourth-order valence-electron chi connectivity index (χ4n) is 5.66. The van der Waals surface area contributed by atoms with Gasteiger partial charge in [-0.25, -0.2) is 0 Å². The first kappa shape index (κ1) is 16.2. The van der Waals surface area contributed by atoms with Crippen LogP contribution in [0.25, 0.3) is 54.6 Å². The quantitative estimate of drug-likeness (QED) is 0.257. The molecular formula is C29H20O. The molecule has 0 bridgehead atoms. The summed E-state index contributed by atoms with van der Waals surface area (Å²) in [4.78, 5) is 0. The van der Waals surface area contributed by atoms with Crippen LogP contribution in [0, 0.1) is 0 Å². The Balaban J connectivity index is 1.82. The Bertz CT molecular complexity index is 1660. The van der Waals surface area contributed by atoms with Gasteiger partial charge in [-0.2, -0.15) is 0 Å². The third-order valence-corrected chi connectivity index (χ3v) is 7.04. The first-order valence-electron chi connectivity index (χ1n) is 10.5. The molecule has 1 aromatic heterocycles. The normalized spacial score (nSPS) is 14.6. The van der Waals surface area contributed by atoms with Gasteiger partial charge >= 0.3 is 0 Å². The van der Waals surface area contributed by atoms with Gasteiger partial charge in [-0.3, -0.25) is 0 Å². The van der Waals surface area contributed by atoms with Crippen LogP contribution >= 0.6 is 0 Å². The van der Waals surface area contributed by atoms with E-state index in [1.54, 1.807) is 0 Å². The minimum absolute atomic E-state index is 0.0544. The molecule has 1 heteroatoms. The molecule has 6 aromatic rings. The zero-order valence-corrected chi connectivity index (χ0v) is 17.0. The lowest BCUT2D eigenvalue weighted by Gasteiger charge is -2.21. The Morgan fingerprint density at radius 3 is 2.17 bits per heavy atom. The van der Waals surface area contributed by atoms with E-state index in [1.165, 1.54) is 54.6 Å². The Kier molecular flexibility index (Phi) is 2.88. The molecule has 5 aromatic carbocycles. The maximum Gasteiger partial charge on any atom is 0.136 e. The molecule has 0 spiro atoms. The molecule has 0 atom stereocenters. The van der Waals surface area contributed by atoms with Crippen molar-refractivity contribution in [1.82, 2.24) is 0 Å². The predicted octanol–water partition coefficient (Wildman–Crippen LogP) is 8.20. The molecule has 7 rings (SSSR count). The van der Waals surface area contributed by atoms with Crippen molar-refractivity contribution in [3.05, 3.63) is 96.1 Å². The maximum absolute atomic E-state index is 6.66. The molecule has 1 nitrogen and oxygen atoms in total. The summed E-state index contributed by atoms with van der Waals surface area (Å²) in [7, 11) is 0. The molecule has 0 N–H and O–H groups in total. The standard InChI is InChI=1S/C29H20O/c1-29(2)22-14-4-3-10-20(22)27-21-13-7-12-19-18-11-5-8-17-9-6-15-24(26(17)18)30-25(28(19)21)16-23(27)29/h3-16H,1-2H3. The van der Waals surface area contributed by atoms with Crippen molar-refractivity contribution in [3.63, 3.8) is 0 Å². The van der Waals surface area contributed by atoms with E-state index >= 15 is 0 Å². The fraction of sp³-hybridized carbons (Fsp3) is 0.103. The highest BCUT2D eigenvalue weighted by atomic mass is 16.3. The van der Waals surface area contributed by atoms with E-state index in [1.807, 2.05) is 0 Å². The predicted molar refractivity (Wildman–Crippen MR) is 126 cm³/mol. The van der Waals surface area contributed by atoms with Gasteiger partial charge in [0.25, 0.3) is 0 Å². The van der Waals surface area contributed by atoms with Crippen LogP contribution in [0.2, 0.25) is 0 Å². The second-order valence-electron chi connectivity index (χ2n) is 8.96. The molecule has 1 aliphatic rings. The van der Waals surface area contributed by atoms with Crippen molar-refractivity contribution in [3.8, 4) is 11.1 Å². The number of fused-ring (bicyclic) bond motifs is 5. The molecule has 0 saturated heterocycles. The van der Waals surface area contributed by atoms with Crippen LogP contribution in [0.5, 0.6) is 0 Å². The smallest absolute Gasteiger partial charge is 0.136 e. The fourth-order valence-corrected chi connectivity index (χ4v) is 5.66. The summed E-state index contributed by atoms with van der Waals surface area (Å²) in [6, 6.07) is 30.7. The SMILES string of the molecule is CC1(C)c2ccccc2-c2c1cc1oc3cccc4cccc(c5cccc2c15)c43. The van der Waals surface area contributed by atoms with Gasteiger partial charge in [-0.05, 0) is 55.9 Å². The molecular weight excluding hydrogens is 364 g/mol. The lowest BCUT2D eigenvalue weighted by Crippen LogP contribution is -2.14. The molecule has 30 heavy (non-hydrogen) atoms. The highest BCUT2D eigenvalue weighted by Gasteiger charge is 2.37. The Labute approximate surface area is 174 Å². The summed E-state index contributed by atoms with van der Waals surface area (Å²) < 4.78 is 6.66. The average Bonchev–Trinajstić information content (AvgIpc) is 2.90. The largest absolute Gasteiger partial charge is 0.456 e. The minimum atomic E-state index is -0.0544. The third kappa shape index (κ3) is 1.84. The summed E-state index contributed by atoms with van der Waals surface area (Å²) >= 11 is 0. The molecule has 0 saturated carbocycles. The number of hydrogen-bond donors (Lipinski definition) is 0. The van der Waals surface area contributed by atoms with Crippen molar-refractivity contribution >= 4 is 43.5 Å². The van der Waals surface area contributed by atoms with Gasteiger partial charge in [-0.15, -0.1) is 0 Å². The molecule has 142 valence electrons. The van der Waals surface area contributed by atoms with Gasteiger partial charge in [0.05, 0.1) is 0 Å². The average molecular weight is 384 g/mol.